The molecule has 0 aliphatic carbocycles. The summed E-state index contributed by atoms with van der Waals surface area (Å²) in [7, 11) is -3.45. The molecule has 0 N–H and O–H groups in total. The third kappa shape index (κ3) is 4.98. The van der Waals surface area contributed by atoms with Crippen LogP contribution < -0.4 is 4.74 Å². The van der Waals surface area contributed by atoms with Crippen molar-refractivity contribution < 1.29 is 26.7 Å². The highest BCUT2D eigenvalue weighted by Gasteiger charge is 2.30. The van der Waals surface area contributed by atoms with Crippen LogP contribution in [0.5, 0.6) is 5.75 Å². The minimum atomic E-state index is -3.45. The molecule has 0 aromatic heterocycles. The summed E-state index contributed by atoms with van der Waals surface area (Å²) >= 11 is 0. The fourth-order valence-electron chi connectivity index (χ4n) is 2.37. The summed E-state index contributed by atoms with van der Waals surface area (Å²) in [4.78, 5) is 0. The lowest BCUT2D eigenvalue weighted by Crippen LogP contribution is -2.43. The van der Waals surface area contributed by atoms with Gasteiger partial charge in [-0.05, 0) is 24.6 Å². The number of rotatable bonds is 6. The van der Waals surface area contributed by atoms with Crippen LogP contribution in [-0.4, -0.2) is 44.8 Å². The molecule has 1 aliphatic heterocycles. The molecule has 0 bridgehead atoms. The van der Waals surface area contributed by atoms with Gasteiger partial charge in [-0.3, -0.25) is 0 Å². The third-order valence-electron chi connectivity index (χ3n) is 3.31. The summed E-state index contributed by atoms with van der Waals surface area (Å²) < 4.78 is 60.4. The largest absolute Gasteiger partial charge is 0.435 e. The van der Waals surface area contributed by atoms with E-state index in [1.165, 1.54) is 16.4 Å². The highest BCUT2D eigenvalue weighted by atomic mass is 32.2. The molecule has 128 valence electrons. The molecule has 1 saturated heterocycles. The second kappa shape index (κ2) is 7.37. The van der Waals surface area contributed by atoms with E-state index in [1.54, 1.807) is 19.1 Å². The van der Waals surface area contributed by atoms with Gasteiger partial charge in [-0.1, -0.05) is 24.3 Å². The molecular weight excluding hydrogens is 328 g/mol. The van der Waals surface area contributed by atoms with Crippen molar-refractivity contribution in [2.45, 2.75) is 19.6 Å². The molecule has 0 spiro atoms. The van der Waals surface area contributed by atoms with Gasteiger partial charge >= 0.3 is 6.61 Å². The summed E-state index contributed by atoms with van der Waals surface area (Å²) in [5.41, 5.74) is 1.15. The first kappa shape index (κ1) is 17.8. The average Bonchev–Trinajstić information content (AvgIpc) is 2.46. The Morgan fingerprint density at radius 2 is 2.26 bits per heavy atom. The van der Waals surface area contributed by atoms with E-state index in [2.05, 4.69) is 11.3 Å². The zero-order chi connectivity index (χ0) is 17.0. The van der Waals surface area contributed by atoms with Crippen molar-refractivity contribution >= 4 is 10.0 Å². The van der Waals surface area contributed by atoms with Crippen LogP contribution in [0, 0.1) is 0 Å². The van der Waals surface area contributed by atoms with E-state index in [0.29, 0.717) is 11.1 Å². The lowest BCUT2D eigenvalue weighted by molar-refractivity contribution is -0.0502. The zero-order valence-electron chi connectivity index (χ0n) is 12.7. The molecule has 2 rings (SSSR count). The molecule has 1 aromatic rings. The maximum atomic E-state index is 12.3. The van der Waals surface area contributed by atoms with Crippen LogP contribution in [0.25, 0.3) is 0 Å². The van der Waals surface area contributed by atoms with Crippen LogP contribution in [0.2, 0.25) is 0 Å². The summed E-state index contributed by atoms with van der Waals surface area (Å²) in [6, 6.07) is 6.11. The monoisotopic (exact) mass is 347 g/mol. The maximum absolute atomic E-state index is 12.3. The summed E-state index contributed by atoms with van der Waals surface area (Å²) in [6.45, 7) is 3.00. The standard InChI is InChI=1S/C15H19F2NO4S/c1-11(2)10-23(19,20)18-6-7-21-14(9-18)12-4-3-5-13(8-12)22-15(16)17/h3-5,8,14-15H,1,6-7,9-10H2,2H3/t14-/m1/s1. The van der Waals surface area contributed by atoms with Crippen molar-refractivity contribution in [3.05, 3.63) is 42.0 Å². The Labute approximate surface area is 134 Å². The molecule has 0 unspecified atom stereocenters. The summed E-state index contributed by atoms with van der Waals surface area (Å²) in [6.07, 6.45) is -0.523. The van der Waals surface area contributed by atoms with Crippen LogP contribution in [0.3, 0.4) is 0 Å². The van der Waals surface area contributed by atoms with E-state index in [0.717, 1.165) is 0 Å². The number of alkyl halides is 2. The lowest BCUT2D eigenvalue weighted by atomic mass is 10.1. The van der Waals surface area contributed by atoms with Gasteiger partial charge in [-0.25, -0.2) is 8.42 Å². The van der Waals surface area contributed by atoms with Gasteiger partial charge in [-0.2, -0.15) is 13.1 Å². The molecule has 5 nitrogen and oxygen atoms in total. The zero-order valence-corrected chi connectivity index (χ0v) is 13.6. The SMILES string of the molecule is C=C(C)CS(=O)(=O)N1CCO[C@@H](c2cccc(OC(F)F)c2)C1. The Kier molecular flexibility index (Phi) is 5.72. The van der Waals surface area contributed by atoms with Gasteiger partial charge in [0.2, 0.25) is 10.0 Å². The Morgan fingerprint density at radius 1 is 1.52 bits per heavy atom. The Hall–Kier alpha value is -1.51. The van der Waals surface area contributed by atoms with E-state index in [1.807, 2.05) is 0 Å². The van der Waals surface area contributed by atoms with Gasteiger partial charge in [0.15, 0.2) is 0 Å². The van der Waals surface area contributed by atoms with Crippen molar-refractivity contribution in [3.63, 3.8) is 0 Å². The lowest BCUT2D eigenvalue weighted by Gasteiger charge is -2.32. The van der Waals surface area contributed by atoms with Crippen molar-refractivity contribution in [3.8, 4) is 5.75 Å². The van der Waals surface area contributed by atoms with E-state index in [-0.39, 0.29) is 31.2 Å². The molecule has 8 heteroatoms. The molecule has 1 aliphatic rings. The predicted octanol–water partition coefficient (Wildman–Crippen LogP) is 2.57. The minimum Gasteiger partial charge on any atom is -0.435 e. The number of halogens is 2. The van der Waals surface area contributed by atoms with Gasteiger partial charge in [0.25, 0.3) is 0 Å². The highest BCUT2D eigenvalue weighted by molar-refractivity contribution is 7.89. The van der Waals surface area contributed by atoms with Gasteiger partial charge in [-0.15, -0.1) is 0 Å². The van der Waals surface area contributed by atoms with Crippen LogP contribution in [0.15, 0.2) is 36.4 Å². The van der Waals surface area contributed by atoms with E-state index in [9.17, 15) is 17.2 Å². The molecule has 1 fully saturated rings. The van der Waals surface area contributed by atoms with Crippen LogP contribution in [-0.2, 0) is 14.8 Å². The third-order valence-corrected chi connectivity index (χ3v) is 5.28. The van der Waals surface area contributed by atoms with Crippen LogP contribution in [0.1, 0.15) is 18.6 Å². The van der Waals surface area contributed by atoms with Crippen LogP contribution in [0.4, 0.5) is 8.78 Å². The molecule has 0 saturated carbocycles. The maximum Gasteiger partial charge on any atom is 0.387 e. The fourth-order valence-corrected chi connectivity index (χ4v) is 3.89. The number of hydrogen-bond acceptors (Lipinski definition) is 4. The number of sulfonamides is 1. The Bertz CT molecular complexity index is 663. The topological polar surface area (TPSA) is 55.8 Å². The van der Waals surface area contributed by atoms with Gasteiger partial charge in [0.1, 0.15) is 5.75 Å². The normalized spacial score (nSPS) is 19.7. The molecule has 1 heterocycles. The quantitative estimate of drug-likeness (QED) is 0.742. The first-order valence-corrected chi connectivity index (χ1v) is 8.67. The molecule has 23 heavy (non-hydrogen) atoms. The molecule has 0 radical (unpaired) electrons. The number of hydrogen-bond donors (Lipinski definition) is 0. The smallest absolute Gasteiger partial charge is 0.387 e. The van der Waals surface area contributed by atoms with Gasteiger partial charge in [0.05, 0.1) is 18.5 Å². The molecular formula is C15H19F2NO4S. The van der Waals surface area contributed by atoms with Crippen molar-refractivity contribution in [2.24, 2.45) is 0 Å². The van der Waals surface area contributed by atoms with Crippen molar-refractivity contribution in [1.82, 2.24) is 4.31 Å². The number of ether oxygens (including phenoxy) is 2. The minimum absolute atomic E-state index is 0.0167. The first-order chi connectivity index (χ1) is 10.8. The average molecular weight is 347 g/mol. The number of benzene rings is 1. The second-order valence-electron chi connectivity index (χ2n) is 5.38. The molecule has 1 aromatic carbocycles. The van der Waals surface area contributed by atoms with Gasteiger partial charge in [0, 0.05) is 13.1 Å². The highest BCUT2D eigenvalue weighted by Crippen LogP contribution is 2.27. The van der Waals surface area contributed by atoms with E-state index in [4.69, 9.17) is 4.74 Å². The van der Waals surface area contributed by atoms with Crippen LogP contribution >= 0.6 is 0 Å². The van der Waals surface area contributed by atoms with E-state index < -0.39 is 22.7 Å². The molecule has 0 amide bonds. The fraction of sp³-hybridized carbons (Fsp3) is 0.467. The summed E-state index contributed by atoms with van der Waals surface area (Å²) in [5, 5.41) is 0. The van der Waals surface area contributed by atoms with Gasteiger partial charge < -0.3 is 9.47 Å². The number of nitrogens with zero attached hydrogens (tertiary/aromatic N) is 1. The Morgan fingerprint density at radius 3 is 2.91 bits per heavy atom. The summed E-state index contributed by atoms with van der Waals surface area (Å²) in [5.74, 6) is -0.100. The Balaban J connectivity index is 2.13. The predicted molar refractivity (Wildman–Crippen MR) is 81.9 cm³/mol. The van der Waals surface area contributed by atoms with Crippen molar-refractivity contribution in [1.29, 1.82) is 0 Å². The molecule has 1 atom stereocenters. The number of morpholine rings is 1. The van der Waals surface area contributed by atoms with Crippen molar-refractivity contribution in [2.75, 3.05) is 25.4 Å². The first-order valence-electron chi connectivity index (χ1n) is 7.06. The van der Waals surface area contributed by atoms with E-state index >= 15 is 0 Å². The second-order valence-corrected chi connectivity index (χ2v) is 7.35.